The zero-order chi connectivity index (χ0) is 20.1. The molecule has 0 radical (unpaired) electrons. The van der Waals surface area contributed by atoms with Crippen LogP contribution in [0.1, 0.15) is 44.1 Å². The topological polar surface area (TPSA) is 52.5 Å². The largest absolute Gasteiger partial charge is 0.396 e. The van der Waals surface area contributed by atoms with E-state index < -0.39 is 0 Å². The van der Waals surface area contributed by atoms with E-state index in [-0.39, 0.29) is 6.61 Å². The summed E-state index contributed by atoms with van der Waals surface area (Å²) in [5, 5.41) is 10.3. The minimum Gasteiger partial charge on any atom is -0.396 e. The molecule has 1 aromatic carbocycles. The first-order valence-corrected chi connectivity index (χ1v) is 11.3. The zero-order valence-electron chi connectivity index (χ0n) is 17.0. The fraction of sp³-hybridized carbons (Fsp3) is 0.565. The first-order valence-electron chi connectivity index (χ1n) is 10.9. The van der Waals surface area contributed by atoms with Gasteiger partial charge in [-0.05, 0) is 43.5 Å². The molecule has 1 N–H and O–H groups in total. The Morgan fingerprint density at radius 3 is 2.41 bits per heavy atom. The molecule has 0 spiro atoms. The molecule has 4 rings (SSSR count). The minimum absolute atomic E-state index is 0.265. The van der Waals surface area contributed by atoms with E-state index in [2.05, 4.69) is 19.8 Å². The van der Waals surface area contributed by atoms with Crippen LogP contribution in [-0.4, -0.2) is 63.2 Å². The Hall–Kier alpha value is -1.53. The molecule has 2 aromatic rings. The standard InChI is InChI=1S/C23H31ClN4O/c24-20-8-6-19(7-9-20)23-25-14-18(15-26-23)16-27-11-12-28(22(17-27)10-13-29)21-4-2-1-3-5-21/h6-9,14-15,21-22,29H,1-5,10-13,16-17H2/t22-/m0/s1. The monoisotopic (exact) mass is 414 g/mol. The number of rotatable bonds is 6. The van der Waals surface area contributed by atoms with Crippen LogP contribution in [0, 0.1) is 0 Å². The molecule has 1 aliphatic carbocycles. The Morgan fingerprint density at radius 2 is 1.72 bits per heavy atom. The second-order valence-electron chi connectivity index (χ2n) is 8.35. The van der Waals surface area contributed by atoms with Gasteiger partial charge in [0.2, 0.25) is 0 Å². The third kappa shape index (κ3) is 5.34. The minimum atomic E-state index is 0.265. The van der Waals surface area contributed by atoms with Gasteiger partial charge in [-0.25, -0.2) is 9.97 Å². The first kappa shape index (κ1) is 20.7. The van der Waals surface area contributed by atoms with Crippen LogP contribution in [0.2, 0.25) is 5.02 Å². The molecule has 2 heterocycles. The van der Waals surface area contributed by atoms with Crippen molar-refractivity contribution >= 4 is 11.6 Å². The van der Waals surface area contributed by atoms with E-state index >= 15 is 0 Å². The lowest BCUT2D eigenvalue weighted by Crippen LogP contribution is -2.56. The highest BCUT2D eigenvalue weighted by Gasteiger charge is 2.32. The van der Waals surface area contributed by atoms with Crippen molar-refractivity contribution in [3.8, 4) is 11.4 Å². The maximum absolute atomic E-state index is 9.59. The van der Waals surface area contributed by atoms with Crippen LogP contribution in [0.15, 0.2) is 36.7 Å². The van der Waals surface area contributed by atoms with Crippen LogP contribution in [0.4, 0.5) is 0 Å². The van der Waals surface area contributed by atoms with Gasteiger partial charge >= 0.3 is 0 Å². The third-order valence-corrected chi connectivity index (χ3v) is 6.58. The summed E-state index contributed by atoms with van der Waals surface area (Å²) in [6.45, 7) is 4.30. The molecular weight excluding hydrogens is 384 g/mol. The van der Waals surface area contributed by atoms with E-state index in [0.29, 0.717) is 12.1 Å². The number of aliphatic hydroxyl groups excluding tert-OH is 1. The maximum atomic E-state index is 9.59. The molecule has 1 aliphatic heterocycles. The van der Waals surface area contributed by atoms with Crippen LogP contribution in [0.3, 0.4) is 0 Å². The number of halogens is 1. The van der Waals surface area contributed by atoms with E-state index in [0.717, 1.165) is 54.6 Å². The van der Waals surface area contributed by atoms with Crippen LogP contribution in [-0.2, 0) is 6.54 Å². The SMILES string of the molecule is OCC[C@H]1CN(Cc2cnc(-c3ccc(Cl)cc3)nc2)CCN1C1CCCCC1. The van der Waals surface area contributed by atoms with Gasteiger partial charge in [0.25, 0.3) is 0 Å². The maximum Gasteiger partial charge on any atom is 0.159 e. The lowest BCUT2D eigenvalue weighted by Gasteiger charge is -2.46. The molecule has 1 atom stereocenters. The number of hydrogen-bond donors (Lipinski definition) is 1. The Kier molecular flexibility index (Phi) is 7.14. The van der Waals surface area contributed by atoms with Crippen molar-refractivity contribution in [1.82, 2.24) is 19.8 Å². The quantitative estimate of drug-likeness (QED) is 0.774. The molecular formula is C23H31ClN4O. The van der Waals surface area contributed by atoms with Gasteiger partial charge in [0.05, 0.1) is 0 Å². The molecule has 2 aliphatic rings. The van der Waals surface area contributed by atoms with Gasteiger partial charge in [-0.15, -0.1) is 0 Å². The molecule has 156 valence electrons. The smallest absolute Gasteiger partial charge is 0.159 e. The van der Waals surface area contributed by atoms with Gasteiger partial charge in [0.1, 0.15) is 0 Å². The Labute approximate surface area is 178 Å². The molecule has 0 bridgehead atoms. The second-order valence-corrected chi connectivity index (χ2v) is 8.79. The van der Waals surface area contributed by atoms with Gasteiger partial charge < -0.3 is 5.11 Å². The van der Waals surface area contributed by atoms with Gasteiger partial charge in [0.15, 0.2) is 5.82 Å². The predicted molar refractivity (Wildman–Crippen MR) is 117 cm³/mol. The van der Waals surface area contributed by atoms with E-state index in [1.165, 1.54) is 32.1 Å². The molecule has 1 saturated heterocycles. The van der Waals surface area contributed by atoms with Crippen molar-refractivity contribution in [1.29, 1.82) is 0 Å². The summed E-state index contributed by atoms with van der Waals surface area (Å²) in [5.74, 6) is 0.727. The highest BCUT2D eigenvalue weighted by atomic mass is 35.5. The zero-order valence-corrected chi connectivity index (χ0v) is 17.8. The van der Waals surface area contributed by atoms with Crippen molar-refractivity contribution in [3.63, 3.8) is 0 Å². The van der Waals surface area contributed by atoms with Gasteiger partial charge in [-0.3, -0.25) is 9.80 Å². The van der Waals surface area contributed by atoms with Crippen LogP contribution >= 0.6 is 11.6 Å². The first-order chi connectivity index (χ1) is 14.2. The Morgan fingerprint density at radius 1 is 1.00 bits per heavy atom. The molecule has 1 aromatic heterocycles. The van der Waals surface area contributed by atoms with Crippen molar-refractivity contribution < 1.29 is 5.11 Å². The molecule has 0 unspecified atom stereocenters. The number of hydrogen-bond acceptors (Lipinski definition) is 5. The fourth-order valence-electron chi connectivity index (χ4n) is 4.82. The lowest BCUT2D eigenvalue weighted by molar-refractivity contribution is 0.0136. The van der Waals surface area contributed by atoms with Gasteiger partial charge in [-0.2, -0.15) is 0 Å². The molecule has 0 amide bonds. The van der Waals surface area contributed by atoms with Crippen LogP contribution in [0.25, 0.3) is 11.4 Å². The molecule has 2 fully saturated rings. The summed E-state index contributed by atoms with van der Waals surface area (Å²) in [4.78, 5) is 14.3. The number of aromatic nitrogens is 2. The average Bonchev–Trinajstić information content (AvgIpc) is 2.76. The summed E-state index contributed by atoms with van der Waals surface area (Å²) in [7, 11) is 0. The van der Waals surface area contributed by atoms with Gasteiger partial charge in [0, 0.05) is 73.4 Å². The molecule has 5 nitrogen and oxygen atoms in total. The summed E-state index contributed by atoms with van der Waals surface area (Å²) in [5.41, 5.74) is 2.11. The second kappa shape index (κ2) is 9.98. The van der Waals surface area contributed by atoms with Crippen molar-refractivity contribution in [2.24, 2.45) is 0 Å². The summed E-state index contributed by atoms with van der Waals surface area (Å²) >= 11 is 5.96. The van der Waals surface area contributed by atoms with Crippen molar-refractivity contribution in [2.45, 2.75) is 57.2 Å². The van der Waals surface area contributed by atoms with E-state index in [9.17, 15) is 5.11 Å². The number of piperazine rings is 1. The Balaban J connectivity index is 1.37. The number of nitrogens with zero attached hydrogens (tertiary/aromatic N) is 4. The highest BCUT2D eigenvalue weighted by molar-refractivity contribution is 6.30. The molecule has 29 heavy (non-hydrogen) atoms. The van der Waals surface area contributed by atoms with Crippen molar-refractivity contribution in [3.05, 3.63) is 47.2 Å². The number of benzene rings is 1. The van der Waals surface area contributed by atoms with Crippen LogP contribution in [0.5, 0.6) is 0 Å². The predicted octanol–water partition coefficient (Wildman–Crippen LogP) is 4.00. The summed E-state index contributed by atoms with van der Waals surface area (Å²) in [6.07, 6.45) is 11.5. The molecule has 6 heteroatoms. The molecule has 1 saturated carbocycles. The van der Waals surface area contributed by atoms with E-state index in [1.54, 1.807) is 0 Å². The van der Waals surface area contributed by atoms with E-state index in [1.807, 2.05) is 36.7 Å². The van der Waals surface area contributed by atoms with E-state index in [4.69, 9.17) is 11.6 Å². The summed E-state index contributed by atoms with van der Waals surface area (Å²) in [6, 6.07) is 8.78. The number of aliphatic hydroxyl groups is 1. The lowest BCUT2D eigenvalue weighted by atomic mass is 9.92. The Bertz CT molecular complexity index is 761. The normalized spacial score (nSPS) is 22.1. The third-order valence-electron chi connectivity index (χ3n) is 6.33. The average molecular weight is 415 g/mol. The van der Waals surface area contributed by atoms with Crippen LogP contribution < -0.4 is 0 Å². The summed E-state index contributed by atoms with van der Waals surface area (Å²) < 4.78 is 0. The fourth-order valence-corrected chi connectivity index (χ4v) is 4.95. The highest BCUT2D eigenvalue weighted by Crippen LogP contribution is 2.27. The van der Waals surface area contributed by atoms with Gasteiger partial charge in [-0.1, -0.05) is 30.9 Å². The van der Waals surface area contributed by atoms with Crippen molar-refractivity contribution in [2.75, 3.05) is 26.2 Å².